The normalized spacial score (nSPS) is 13.8. The molecule has 2 aromatic heterocycles. The summed E-state index contributed by atoms with van der Waals surface area (Å²) in [6.07, 6.45) is 9.84. The Hall–Kier alpha value is -3.12. The van der Waals surface area contributed by atoms with Gasteiger partial charge in [0.25, 0.3) is 0 Å². The van der Waals surface area contributed by atoms with Gasteiger partial charge in [-0.1, -0.05) is 36.5 Å². The summed E-state index contributed by atoms with van der Waals surface area (Å²) < 4.78 is 3.42. The van der Waals surface area contributed by atoms with Crippen LogP contribution in [0.25, 0.3) is 22.8 Å². The molecule has 0 fully saturated rings. The van der Waals surface area contributed by atoms with Crippen LogP contribution in [0.4, 0.5) is 0 Å². The third kappa shape index (κ3) is 3.12. The molecule has 1 aliphatic rings. The third-order valence-electron chi connectivity index (χ3n) is 3.88. The Morgan fingerprint density at radius 2 is 1.76 bits per heavy atom. The largest absolute Gasteiger partial charge is 0.287 e. The molecule has 0 aliphatic heterocycles. The molecule has 5 nitrogen and oxygen atoms in total. The average Bonchev–Trinajstić information content (AvgIpc) is 3.13. The second kappa shape index (κ2) is 6.41. The van der Waals surface area contributed by atoms with E-state index >= 15 is 0 Å². The number of benzene rings is 1. The number of allylic oxidation sites excluding steroid dienone is 4. The van der Waals surface area contributed by atoms with Crippen molar-refractivity contribution in [3.05, 3.63) is 83.3 Å². The van der Waals surface area contributed by atoms with E-state index in [0.717, 1.165) is 16.2 Å². The van der Waals surface area contributed by atoms with Crippen LogP contribution in [0.15, 0.2) is 77.9 Å². The minimum atomic E-state index is -0.163. The van der Waals surface area contributed by atoms with Crippen LogP contribution in [-0.4, -0.2) is 24.4 Å². The van der Waals surface area contributed by atoms with Crippen LogP contribution in [0.5, 0.6) is 0 Å². The highest BCUT2D eigenvalue weighted by Gasteiger charge is 2.13. The van der Waals surface area contributed by atoms with Crippen molar-refractivity contribution in [1.82, 2.24) is 19.6 Å². The molecule has 0 N–H and O–H groups in total. The monoisotopic (exact) mass is 346 g/mol. The molecule has 3 aromatic rings. The van der Waals surface area contributed by atoms with Gasteiger partial charge in [-0.25, -0.2) is 9.36 Å². The first-order valence-electron chi connectivity index (χ1n) is 7.82. The molecule has 0 bridgehead atoms. The van der Waals surface area contributed by atoms with Gasteiger partial charge in [0, 0.05) is 35.4 Å². The maximum absolute atomic E-state index is 12.3. The van der Waals surface area contributed by atoms with Crippen LogP contribution >= 0.6 is 12.2 Å². The van der Waals surface area contributed by atoms with Crippen molar-refractivity contribution in [3.63, 3.8) is 0 Å². The van der Waals surface area contributed by atoms with Crippen LogP contribution in [0.1, 0.15) is 6.42 Å². The highest BCUT2D eigenvalue weighted by Crippen LogP contribution is 2.17. The van der Waals surface area contributed by atoms with Crippen LogP contribution < -0.4 is 5.43 Å². The Bertz CT molecular complexity index is 1060. The fraction of sp³-hybridized carbons (Fsp3) is 0.0526. The molecule has 0 saturated heterocycles. The molecule has 0 amide bonds. The second-order valence-corrected chi connectivity index (χ2v) is 6.14. The van der Waals surface area contributed by atoms with Gasteiger partial charge in [-0.2, -0.15) is 10.2 Å². The smallest absolute Gasteiger partial charge is 0.209 e. The Morgan fingerprint density at radius 3 is 2.56 bits per heavy atom. The summed E-state index contributed by atoms with van der Waals surface area (Å²) in [5.74, 6) is 0. The molecule has 0 spiro atoms. The van der Waals surface area contributed by atoms with Gasteiger partial charge in [-0.05, 0) is 30.4 Å². The van der Waals surface area contributed by atoms with Crippen LogP contribution in [0, 0.1) is 0 Å². The molecule has 0 saturated carbocycles. The first-order chi connectivity index (χ1) is 12.2. The van der Waals surface area contributed by atoms with Crippen molar-refractivity contribution in [2.24, 2.45) is 0 Å². The van der Waals surface area contributed by atoms with E-state index in [1.807, 2.05) is 54.8 Å². The Kier molecular flexibility index (Phi) is 3.95. The Balaban J connectivity index is 1.74. The minimum Gasteiger partial charge on any atom is -0.287 e. The number of nitrogens with zero attached hydrogens (tertiary/aromatic N) is 4. The standard InChI is InChI=1S/C19H14N4OS/c24-18-10-12-23(15-7-4-8-16(25)13-15)21-19(18)17-9-11-22(20-17)14-5-2-1-3-6-14/h1-12H,13H2. The molecule has 0 atom stereocenters. The highest BCUT2D eigenvalue weighted by atomic mass is 32.1. The molecular formula is C19H14N4OS. The lowest BCUT2D eigenvalue weighted by Crippen LogP contribution is -2.15. The van der Waals surface area contributed by atoms with Crippen molar-refractivity contribution >= 4 is 22.8 Å². The first-order valence-corrected chi connectivity index (χ1v) is 8.23. The van der Waals surface area contributed by atoms with E-state index in [-0.39, 0.29) is 5.43 Å². The van der Waals surface area contributed by atoms with Crippen molar-refractivity contribution in [1.29, 1.82) is 0 Å². The summed E-state index contributed by atoms with van der Waals surface area (Å²) in [5, 5.41) is 8.97. The molecule has 2 heterocycles. The van der Waals surface area contributed by atoms with Gasteiger partial charge >= 0.3 is 0 Å². The Labute approximate surface area is 149 Å². The number of rotatable bonds is 3. The van der Waals surface area contributed by atoms with Gasteiger partial charge in [0.1, 0.15) is 5.69 Å². The summed E-state index contributed by atoms with van der Waals surface area (Å²) in [7, 11) is 0. The van der Waals surface area contributed by atoms with E-state index < -0.39 is 0 Å². The van der Waals surface area contributed by atoms with Gasteiger partial charge in [0.15, 0.2) is 5.69 Å². The van der Waals surface area contributed by atoms with E-state index in [2.05, 4.69) is 10.2 Å². The summed E-state index contributed by atoms with van der Waals surface area (Å²) in [4.78, 5) is 13.1. The summed E-state index contributed by atoms with van der Waals surface area (Å²) in [5.41, 5.74) is 2.55. The van der Waals surface area contributed by atoms with Crippen LogP contribution in [0.3, 0.4) is 0 Å². The lowest BCUT2D eigenvalue weighted by molar-refractivity contribution is 0.834. The summed E-state index contributed by atoms with van der Waals surface area (Å²) in [6, 6.07) is 13.0. The third-order valence-corrected chi connectivity index (χ3v) is 4.16. The molecule has 4 rings (SSSR count). The predicted octanol–water partition coefficient (Wildman–Crippen LogP) is 3.27. The maximum Gasteiger partial charge on any atom is 0.209 e. The van der Waals surface area contributed by atoms with Crippen molar-refractivity contribution in [2.45, 2.75) is 6.42 Å². The molecule has 0 radical (unpaired) electrons. The average molecular weight is 346 g/mol. The fourth-order valence-corrected chi connectivity index (χ4v) is 2.87. The van der Waals surface area contributed by atoms with Crippen LogP contribution in [-0.2, 0) is 0 Å². The number of hydrogen-bond acceptors (Lipinski definition) is 4. The lowest BCUT2D eigenvalue weighted by atomic mass is 10.1. The van der Waals surface area contributed by atoms with Gasteiger partial charge in [0.2, 0.25) is 5.43 Å². The number of thiocarbonyl (C=S) groups is 1. The quantitative estimate of drug-likeness (QED) is 0.683. The zero-order valence-corrected chi connectivity index (χ0v) is 14.1. The van der Waals surface area contributed by atoms with Crippen molar-refractivity contribution in [3.8, 4) is 17.1 Å². The molecule has 6 heteroatoms. The van der Waals surface area contributed by atoms with E-state index in [0.29, 0.717) is 17.8 Å². The van der Waals surface area contributed by atoms with Gasteiger partial charge < -0.3 is 0 Å². The van der Waals surface area contributed by atoms with Gasteiger partial charge in [0.05, 0.1) is 5.69 Å². The van der Waals surface area contributed by atoms with E-state index in [1.54, 1.807) is 21.6 Å². The maximum atomic E-state index is 12.3. The predicted molar refractivity (Wildman–Crippen MR) is 102 cm³/mol. The summed E-state index contributed by atoms with van der Waals surface area (Å²) in [6.45, 7) is 0. The topological polar surface area (TPSA) is 52.7 Å². The summed E-state index contributed by atoms with van der Waals surface area (Å²) >= 11 is 5.25. The zero-order chi connectivity index (χ0) is 17.2. The first kappa shape index (κ1) is 15.4. The molecule has 25 heavy (non-hydrogen) atoms. The molecule has 1 aromatic carbocycles. The zero-order valence-electron chi connectivity index (χ0n) is 13.2. The molecule has 122 valence electrons. The van der Waals surface area contributed by atoms with E-state index in [9.17, 15) is 4.79 Å². The van der Waals surface area contributed by atoms with E-state index in [4.69, 9.17) is 12.2 Å². The minimum absolute atomic E-state index is 0.163. The lowest BCUT2D eigenvalue weighted by Gasteiger charge is -2.12. The van der Waals surface area contributed by atoms with Crippen LogP contribution in [0.2, 0.25) is 0 Å². The second-order valence-electron chi connectivity index (χ2n) is 5.61. The number of para-hydroxylation sites is 1. The molecule has 1 aliphatic carbocycles. The highest BCUT2D eigenvalue weighted by molar-refractivity contribution is 7.80. The fourth-order valence-electron chi connectivity index (χ4n) is 2.64. The Morgan fingerprint density at radius 1 is 0.960 bits per heavy atom. The van der Waals surface area contributed by atoms with Gasteiger partial charge in [-0.15, -0.1) is 0 Å². The molecule has 0 unspecified atom stereocenters. The van der Waals surface area contributed by atoms with Gasteiger partial charge in [-0.3, -0.25) is 4.79 Å². The van der Waals surface area contributed by atoms with E-state index in [1.165, 1.54) is 6.07 Å². The SMILES string of the molecule is O=c1ccn(C2=CC=CC(=S)C2)nc1-c1ccn(-c2ccccc2)n1. The van der Waals surface area contributed by atoms with Crippen molar-refractivity contribution < 1.29 is 0 Å². The number of aromatic nitrogens is 4. The van der Waals surface area contributed by atoms with Crippen molar-refractivity contribution in [2.75, 3.05) is 0 Å². The number of hydrogen-bond donors (Lipinski definition) is 0. The molecular weight excluding hydrogens is 332 g/mol.